The number of hydrogen-bond donors (Lipinski definition) is 0. The fourth-order valence-corrected chi connectivity index (χ4v) is 5.71. The molecule has 0 heterocycles. The van der Waals surface area contributed by atoms with Gasteiger partial charge in [-0.25, -0.2) is 0 Å². The molecule has 4 aliphatic carbocycles. The Morgan fingerprint density at radius 2 is 2.00 bits per heavy atom. The zero-order valence-corrected chi connectivity index (χ0v) is 13.0. The van der Waals surface area contributed by atoms with Gasteiger partial charge >= 0.3 is 0 Å². The molecule has 0 spiro atoms. The highest BCUT2D eigenvalue weighted by Gasteiger charge is 2.53. The Labute approximate surface area is 127 Å². The Kier molecular flexibility index (Phi) is 2.76. The molecule has 2 radical (unpaired) electrons. The zero-order chi connectivity index (χ0) is 14.7. The monoisotopic (exact) mass is 280 g/mol. The second-order valence-electron chi connectivity index (χ2n) is 7.97. The molecule has 2 nitrogen and oxygen atoms in total. The van der Waals surface area contributed by atoms with E-state index in [-0.39, 0.29) is 5.41 Å². The topological polar surface area (TPSA) is 34.7 Å². The molecule has 5 atom stereocenters. The van der Waals surface area contributed by atoms with Crippen molar-refractivity contribution in [1.29, 1.82) is 0 Å². The van der Waals surface area contributed by atoms with Crippen molar-refractivity contribution in [3.63, 3.8) is 0 Å². The van der Waals surface area contributed by atoms with E-state index in [9.17, 15) is 0 Å². The van der Waals surface area contributed by atoms with Gasteiger partial charge in [0.2, 0.25) is 0 Å². The molecule has 0 aliphatic heterocycles. The van der Waals surface area contributed by atoms with E-state index in [1.807, 2.05) is 6.08 Å². The van der Waals surface area contributed by atoms with E-state index in [4.69, 9.17) is 5.84 Å². The Balaban J connectivity index is 1.76. The molecular weight excluding hydrogens is 256 g/mol. The van der Waals surface area contributed by atoms with Gasteiger partial charge in [0.05, 0.1) is 5.71 Å². The molecule has 0 aromatic heterocycles. The van der Waals surface area contributed by atoms with E-state index in [2.05, 4.69) is 43.3 Å². The average Bonchev–Trinajstić information content (AvgIpc) is 2.88. The molecule has 21 heavy (non-hydrogen) atoms. The third-order valence-corrected chi connectivity index (χ3v) is 7.02. The van der Waals surface area contributed by atoms with Gasteiger partial charge in [-0.15, -0.1) is 5.10 Å². The normalized spacial score (nSPS) is 49.5. The van der Waals surface area contributed by atoms with Crippen LogP contribution in [-0.4, -0.2) is 5.71 Å². The van der Waals surface area contributed by atoms with Crippen LogP contribution >= 0.6 is 0 Å². The van der Waals surface area contributed by atoms with Crippen molar-refractivity contribution in [1.82, 2.24) is 5.84 Å². The van der Waals surface area contributed by atoms with E-state index in [0.717, 1.165) is 11.8 Å². The number of nitrogens with zero attached hydrogens (tertiary/aromatic N) is 2. The lowest BCUT2D eigenvalue weighted by molar-refractivity contribution is 0.0265. The highest BCUT2D eigenvalue weighted by Crippen LogP contribution is 2.62. The van der Waals surface area contributed by atoms with Crippen molar-refractivity contribution in [2.24, 2.45) is 33.7 Å². The summed E-state index contributed by atoms with van der Waals surface area (Å²) in [4.78, 5) is 0. The third-order valence-electron chi connectivity index (χ3n) is 7.02. The molecule has 0 saturated heterocycles. The summed E-state index contributed by atoms with van der Waals surface area (Å²) >= 11 is 0. The first kappa shape index (κ1) is 13.4. The molecular formula is C19H24N2. The molecule has 0 aromatic rings. The second kappa shape index (κ2) is 4.34. The van der Waals surface area contributed by atoms with Gasteiger partial charge in [-0.2, -0.15) is 0 Å². The summed E-state index contributed by atoms with van der Waals surface area (Å²) in [6, 6.07) is 0. The van der Waals surface area contributed by atoms with Crippen molar-refractivity contribution < 1.29 is 0 Å². The third kappa shape index (κ3) is 1.74. The highest BCUT2D eigenvalue weighted by atomic mass is 15.1. The van der Waals surface area contributed by atoms with Gasteiger partial charge < -0.3 is 0 Å². The van der Waals surface area contributed by atoms with Crippen LogP contribution in [0.3, 0.4) is 0 Å². The number of hydrogen-bond acceptors (Lipinski definition) is 1. The molecule has 110 valence electrons. The Morgan fingerprint density at radius 3 is 2.81 bits per heavy atom. The maximum atomic E-state index is 9.02. The van der Waals surface area contributed by atoms with Gasteiger partial charge in [-0.05, 0) is 72.4 Å². The minimum Gasteiger partial charge on any atom is -0.129 e. The van der Waals surface area contributed by atoms with E-state index in [1.165, 1.54) is 37.7 Å². The van der Waals surface area contributed by atoms with Crippen LogP contribution < -0.4 is 5.84 Å². The quantitative estimate of drug-likeness (QED) is 0.592. The molecule has 0 bridgehead atoms. The number of fused-ring (bicyclic) bond motifs is 5. The number of rotatable bonds is 0. The predicted octanol–water partition coefficient (Wildman–Crippen LogP) is 4.32. The summed E-state index contributed by atoms with van der Waals surface area (Å²) in [7, 11) is 0. The highest BCUT2D eigenvalue weighted by molar-refractivity contribution is 6.05. The standard InChI is InChI=1S/C19H24N2/c1-18-9-3-4-16(18)15-6-5-13-12-14(21-20)7-11-19(13,2)17(15)8-10-18/h5-7,11-12,15-17H,3-4,8-10H2,1-2H3/t15-,16-,17-,18-,19-/m0/s1. The molecule has 2 saturated carbocycles. The van der Waals surface area contributed by atoms with E-state index < -0.39 is 0 Å². The minimum atomic E-state index is 0.123. The maximum absolute atomic E-state index is 9.02. The van der Waals surface area contributed by atoms with Crippen LogP contribution in [0.5, 0.6) is 0 Å². The molecule has 0 aromatic carbocycles. The molecule has 2 heteroatoms. The first-order valence-corrected chi connectivity index (χ1v) is 8.38. The molecule has 2 fully saturated rings. The summed E-state index contributed by atoms with van der Waals surface area (Å²) in [6.45, 7) is 4.90. The van der Waals surface area contributed by atoms with Gasteiger partial charge in [0.1, 0.15) is 0 Å². The van der Waals surface area contributed by atoms with Crippen molar-refractivity contribution in [3.05, 3.63) is 36.0 Å². The fourth-order valence-electron chi connectivity index (χ4n) is 5.71. The minimum absolute atomic E-state index is 0.123. The predicted molar refractivity (Wildman–Crippen MR) is 85.7 cm³/mol. The van der Waals surface area contributed by atoms with E-state index in [0.29, 0.717) is 17.0 Å². The maximum Gasteiger partial charge on any atom is 0.0875 e. The van der Waals surface area contributed by atoms with E-state index in [1.54, 1.807) is 0 Å². The lowest BCUT2D eigenvalue weighted by atomic mass is 9.50. The van der Waals surface area contributed by atoms with Crippen molar-refractivity contribution in [2.75, 3.05) is 0 Å². The Bertz CT molecular complexity index is 582. The van der Waals surface area contributed by atoms with Crippen LogP contribution in [0.2, 0.25) is 0 Å². The molecule has 0 unspecified atom stereocenters. The van der Waals surface area contributed by atoms with Crippen molar-refractivity contribution in [3.8, 4) is 0 Å². The smallest absolute Gasteiger partial charge is 0.0875 e. The van der Waals surface area contributed by atoms with Gasteiger partial charge in [0.15, 0.2) is 0 Å². The first-order valence-electron chi connectivity index (χ1n) is 8.38. The lowest BCUT2D eigenvalue weighted by Crippen LogP contribution is -2.46. The van der Waals surface area contributed by atoms with Crippen LogP contribution in [-0.2, 0) is 0 Å². The van der Waals surface area contributed by atoms with Gasteiger partial charge in [0, 0.05) is 5.41 Å². The van der Waals surface area contributed by atoms with Crippen LogP contribution in [0, 0.1) is 28.6 Å². The largest absolute Gasteiger partial charge is 0.129 e. The lowest BCUT2D eigenvalue weighted by Gasteiger charge is -2.54. The summed E-state index contributed by atoms with van der Waals surface area (Å²) < 4.78 is 0. The van der Waals surface area contributed by atoms with Crippen LogP contribution in [0.4, 0.5) is 0 Å². The molecule has 0 N–H and O–H groups in total. The fraction of sp³-hybridized carbons (Fsp3) is 0.632. The zero-order valence-electron chi connectivity index (χ0n) is 13.0. The van der Waals surface area contributed by atoms with Gasteiger partial charge in [-0.3, -0.25) is 0 Å². The SMILES string of the molecule is C[C@@]12CCC[C@H]1[C@@H]1C=CC3=CC(=N[N])C=C[C@]3(C)[C@H]1CC2. The summed E-state index contributed by atoms with van der Waals surface area (Å²) in [5, 5.41) is 3.36. The van der Waals surface area contributed by atoms with E-state index >= 15 is 0 Å². The Morgan fingerprint density at radius 1 is 1.14 bits per heavy atom. The number of allylic oxidation sites excluding steroid dienone is 6. The van der Waals surface area contributed by atoms with Crippen LogP contribution in [0.25, 0.3) is 0 Å². The van der Waals surface area contributed by atoms with Crippen LogP contribution in [0.15, 0.2) is 41.1 Å². The first-order chi connectivity index (χ1) is 10.1. The molecule has 4 aliphatic rings. The average molecular weight is 280 g/mol. The summed E-state index contributed by atoms with van der Waals surface area (Å²) in [5.41, 5.74) is 2.70. The molecule has 0 amide bonds. The molecule has 4 rings (SSSR count). The van der Waals surface area contributed by atoms with Crippen molar-refractivity contribution >= 4 is 5.71 Å². The second-order valence-corrected chi connectivity index (χ2v) is 7.97. The van der Waals surface area contributed by atoms with Crippen LogP contribution in [0.1, 0.15) is 46.0 Å². The Hall–Kier alpha value is -1.31. The van der Waals surface area contributed by atoms with Gasteiger partial charge in [0.25, 0.3) is 0 Å². The summed E-state index contributed by atoms with van der Waals surface area (Å²) in [6.07, 6.45) is 18.0. The van der Waals surface area contributed by atoms with Crippen molar-refractivity contribution in [2.45, 2.75) is 46.0 Å². The van der Waals surface area contributed by atoms with Gasteiger partial charge in [-0.1, -0.05) is 38.5 Å². The summed E-state index contributed by atoms with van der Waals surface area (Å²) in [5.74, 6) is 11.3.